The summed E-state index contributed by atoms with van der Waals surface area (Å²) in [6, 6.07) is 11.8. The first-order chi connectivity index (χ1) is 11.0. The predicted octanol–water partition coefficient (Wildman–Crippen LogP) is 3.46. The van der Waals surface area contributed by atoms with Gasteiger partial charge in [-0.15, -0.1) is 11.3 Å². The quantitative estimate of drug-likeness (QED) is 0.592. The van der Waals surface area contributed by atoms with Gasteiger partial charge in [-0.25, -0.2) is 15.4 Å². The number of rotatable bonds is 3. The lowest BCUT2D eigenvalue weighted by Gasteiger charge is -2.03. The molecule has 0 unspecified atom stereocenters. The van der Waals surface area contributed by atoms with Crippen molar-refractivity contribution in [1.82, 2.24) is 15.4 Å². The number of para-hydroxylation sites is 1. The standard InChI is InChI=1S/C17H16N4OS/c1-10(14-9-8-13-6-4-5-7-15(13)19-14)20-21-17(22)16-11(2)18-12(3)23-16/h4-9H,1-3H3,(H,21,22)/b20-10+. The van der Waals surface area contributed by atoms with Crippen LogP contribution in [0.5, 0.6) is 0 Å². The molecule has 23 heavy (non-hydrogen) atoms. The van der Waals surface area contributed by atoms with E-state index >= 15 is 0 Å². The van der Waals surface area contributed by atoms with Gasteiger partial charge in [0, 0.05) is 5.39 Å². The fourth-order valence-corrected chi connectivity index (χ4v) is 3.06. The van der Waals surface area contributed by atoms with Crippen LogP contribution in [0.25, 0.3) is 10.9 Å². The van der Waals surface area contributed by atoms with E-state index in [1.54, 1.807) is 0 Å². The van der Waals surface area contributed by atoms with Crippen molar-refractivity contribution in [2.75, 3.05) is 0 Å². The fraction of sp³-hybridized carbons (Fsp3) is 0.176. The molecule has 0 atom stereocenters. The minimum Gasteiger partial charge on any atom is -0.266 e. The minimum atomic E-state index is -0.242. The Morgan fingerprint density at radius 1 is 1.13 bits per heavy atom. The third kappa shape index (κ3) is 3.27. The van der Waals surface area contributed by atoms with Crippen molar-refractivity contribution >= 4 is 33.9 Å². The molecule has 0 radical (unpaired) electrons. The molecule has 116 valence electrons. The molecular formula is C17H16N4OS. The second-order valence-corrected chi connectivity index (χ2v) is 6.38. The smallest absolute Gasteiger partial charge is 0.266 e. The monoisotopic (exact) mass is 324 g/mol. The molecule has 3 rings (SSSR count). The van der Waals surface area contributed by atoms with Gasteiger partial charge in [0.1, 0.15) is 4.88 Å². The zero-order valence-corrected chi connectivity index (χ0v) is 13.9. The number of aromatic nitrogens is 2. The zero-order chi connectivity index (χ0) is 16.4. The maximum Gasteiger partial charge on any atom is 0.283 e. The van der Waals surface area contributed by atoms with Crippen LogP contribution < -0.4 is 5.43 Å². The Kier molecular flexibility index (Phi) is 4.16. The highest BCUT2D eigenvalue weighted by Crippen LogP contribution is 2.17. The van der Waals surface area contributed by atoms with E-state index in [1.165, 1.54) is 11.3 Å². The van der Waals surface area contributed by atoms with Crippen molar-refractivity contribution in [2.45, 2.75) is 20.8 Å². The topological polar surface area (TPSA) is 67.2 Å². The van der Waals surface area contributed by atoms with Crippen LogP contribution in [-0.2, 0) is 0 Å². The summed E-state index contributed by atoms with van der Waals surface area (Å²) in [4.78, 5) is 21.6. The molecule has 0 fully saturated rings. The van der Waals surface area contributed by atoms with Crippen LogP contribution >= 0.6 is 11.3 Å². The molecule has 2 aromatic heterocycles. The highest BCUT2D eigenvalue weighted by molar-refractivity contribution is 7.13. The van der Waals surface area contributed by atoms with E-state index in [-0.39, 0.29) is 5.91 Å². The normalized spacial score (nSPS) is 11.7. The number of amides is 1. The summed E-state index contributed by atoms with van der Waals surface area (Å²) in [6.07, 6.45) is 0. The third-order valence-corrected chi connectivity index (χ3v) is 4.48. The van der Waals surface area contributed by atoms with Gasteiger partial charge in [-0.05, 0) is 32.9 Å². The van der Waals surface area contributed by atoms with Gasteiger partial charge in [0.05, 0.1) is 27.6 Å². The van der Waals surface area contributed by atoms with E-state index in [9.17, 15) is 4.79 Å². The number of fused-ring (bicyclic) bond motifs is 1. The molecule has 1 amide bonds. The summed E-state index contributed by atoms with van der Waals surface area (Å²) in [5.41, 5.74) is 5.60. The van der Waals surface area contributed by atoms with Crippen molar-refractivity contribution in [3.63, 3.8) is 0 Å². The third-order valence-electron chi connectivity index (χ3n) is 3.40. The van der Waals surface area contributed by atoms with Gasteiger partial charge in [-0.2, -0.15) is 5.10 Å². The lowest BCUT2D eigenvalue weighted by molar-refractivity contribution is 0.0958. The molecule has 1 aromatic carbocycles. The van der Waals surface area contributed by atoms with Crippen LogP contribution in [0.4, 0.5) is 0 Å². The van der Waals surface area contributed by atoms with Crippen LogP contribution in [0.1, 0.15) is 33.0 Å². The molecule has 0 spiro atoms. The summed E-state index contributed by atoms with van der Waals surface area (Å²) < 4.78 is 0. The SMILES string of the molecule is C/C(=N\NC(=O)c1sc(C)nc1C)c1ccc2ccccc2n1. The number of carbonyl (C=O) groups excluding carboxylic acids is 1. The number of hydrogen-bond donors (Lipinski definition) is 1. The van der Waals surface area contributed by atoms with Gasteiger partial charge < -0.3 is 0 Å². The predicted molar refractivity (Wildman–Crippen MR) is 93.0 cm³/mol. The summed E-state index contributed by atoms with van der Waals surface area (Å²) in [7, 11) is 0. The Morgan fingerprint density at radius 2 is 1.91 bits per heavy atom. The summed E-state index contributed by atoms with van der Waals surface area (Å²) in [6.45, 7) is 5.52. The molecule has 0 saturated heterocycles. The van der Waals surface area contributed by atoms with E-state index < -0.39 is 0 Å². The molecule has 0 aliphatic rings. The van der Waals surface area contributed by atoms with Crippen LogP contribution in [0.2, 0.25) is 0 Å². The Hall–Kier alpha value is -2.60. The van der Waals surface area contributed by atoms with Gasteiger partial charge in [0.2, 0.25) is 0 Å². The van der Waals surface area contributed by atoms with Crippen LogP contribution in [0.3, 0.4) is 0 Å². The summed E-state index contributed by atoms with van der Waals surface area (Å²) in [5.74, 6) is -0.242. The first-order valence-corrected chi connectivity index (χ1v) is 8.01. The van der Waals surface area contributed by atoms with E-state index in [0.29, 0.717) is 10.6 Å². The molecule has 0 aliphatic heterocycles. The first-order valence-electron chi connectivity index (χ1n) is 7.19. The maximum absolute atomic E-state index is 12.2. The van der Waals surface area contributed by atoms with Gasteiger partial charge in [0.15, 0.2) is 0 Å². The average molecular weight is 324 g/mol. The largest absolute Gasteiger partial charge is 0.283 e. The molecule has 1 N–H and O–H groups in total. The van der Waals surface area contributed by atoms with Crippen LogP contribution in [0, 0.1) is 13.8 Å². The molecule has 0 aliphatic carbocycles. The second kappa shape index (κ2) is 6.26. The Bertz CT molecular complexity index is 914. The number of nitrogens with zero attached hydrogens (tertiary/aromatic N) is 3. The average Bonchev–Trinajstić information content (AvgIpc) is 2.90. The van der Waals surface area contributed by atoms with Gasteiger partial charge in [-0.3, -0.25) is 4.79 Å². The summed E-state index contributed by atoms with van der Waals surface area (Å²) >= 11 is 1.36. The van der Waals surface area contributed by atoms with Crippen molar-refractivity contribution in [3.8, 4) is 0 Å². The highest BCUT2D eigenvalue weighted by Gasteiger charge is 2.13. The Labute approximate surface area is 138 Å². The number of pyridine rings is 1. The molecule has 5 nitrogen and oxygen atoms in total. The van der Waals surface area contributed by atoms with Crippen molar-refractivity contribution < 1.29 is 4.79 Å². The number of hydrazone groups is 1. The molecule has 2 heterocycles. The van der Waals surface area contributed by atoms with Crippen molar-refractivity contribution in [1.29, 1.82) is 0 Å². The van der Waals surface area contributed by atoms with Crippen LogP contribution in [0.15, 0.2) is 41.5 Å². The fourth-order valence-electron chi connectivity index (χ4n) is 2.25. The lowest BCUT2D eigenvalue weighted by Crippen LogP contribution is -2.19. The maximum atomic E-state index is 12.2. The summed E-state index contributed by atoms with van der Waals surface area (Å²) in [5, 5.41) is 6.10. The molecule has 0 bridgehead atoms. The highest BCUT2D eigenvalue weighted by atomic mass is 32.1. The lowest BCUT2D eigenvalue weighted by atomic mass is 10.2. The van der Waals surface area contributed by atoms with E-state index in [2.05, 4.69) is 20.5 Å². The molecule has 3 aromatic rings. The molecule has 6 heteroatoms. The van der Waals surface area contributed by atoms with E-state index in [0.717, 1.165) is 27.3 Å². The Balaban J connectivity index is 1.81. The molecular weight excluding hydrogens is 308 g/mol. The first kappa shape index (κ1) is 15.3. The van der Waals surface area contributed by atoms with Crippen LogP contribution in [-0.4, -0.2) is 21.6 Å². The second-order valence-electron chi connectivity index (χ2n) is 5.17. The Morgan fingerprint density at radius 3 is 2.65 bits per heavy atom. The number of thiazole rings is 1. The zero-order valence-electron chi connectivity index (χ0n) is 13.1. The van der Waals surface area contributed by atoms with Gasteiger partial charge >= 0.3 is 0 Å². The van der Waals surface area contributed by atoms with E-state index in [4.69, 9.17) is 0 Å². The number of carbonyl (C=O) groups is 1. The number of benzene rings is 1. The van der Waals surface area contributed by atoms with Gasteiger partial charge in [-0.1, -0.05) is 24.3 Å². The number of aryl methyl sites for hydroxylation is 2. The number of nitrogens with one attached hydrogen (secondary N) is 1. The number of hydrogen-bond acceptors (Lipinski definition) is 5. The van der Waals surface area contributed by atoms with Crippen molar-refractivity contribution in [2.24, 2.45) is 5.10 Å². The van der Waals surface area contributed by atoms with Crippen molar-refractivity contribution in [3.05, 3.63) is 57.7 Å². The van der Waals surface area contributed by atoms with Gasteiger partial charge in [0.25, 0.3) is 5.91 Å². The minimum absolute atomic E-state index is 0.242. The molecule has 0 saturated carbocycles. The van der Waals surface area contributed by atoms with E-state index in [1.807, 2.05) is 57.2 Å².